The predicted octanol–water partition coefficient (Wildman–Crippen LogP) is 3.40. The second-order valence-corrected chi connectivity index (χ2v) is 7.07. The molecule has 0 saturated carbocycles. The van der Waals surface area contributed by atoms with Crippen molar-refractivity contribution in [3.8, 4) is 11.5 Å². The molecule has 1 aliphatic heterocycles. The third kappa shape index (κ3) is 4.08. The second-order valence-electron chi connectivity index (χ2n) is 7.07. The van der Waals surface area contributed by atoms with E-state index in [9.17, 15) is 9.50 Å². The maximum atomic E-state index is 13.6. The number of pyridine rings is 1. The van der Waals surface area contributed by atoms with Crippen LogP contribution in [0, 0.1) is 5.82 Å². The number of ether oxygens (including phenoxy) is 2. The third-order valence-corrected chi connectivity index (χ3v) is 5.09. The van der Waals surface area contributed by atoms with Crippen LogP contribution in [0.2, 0.25) is 0 Å². The average Bonchev–Trinajstić information content (AvgIpc) is 2.71. The maximum Gasteiger partial charge on any atom is 0.165 e. The summed E-state index contributed by atoms with van der Waals surface area (Å²) in [6.07, 6.45) is 1.62. The van der Waals surface area contributed by atoms with E-state index < -0.39 is 6.10 Å². The Labute approximate surface area is 163 Å². The van der Waals surface area contributed by atoms with Crippen molar-refractivity contribution >= 4 is 10.9 Å². The lowest BCUT2D eigenvalue weighted by atomic mass is 10.0. The fraction of sp³-hybridized carbons (Fsp3) is 0.318. The van der Waals surface area contributed by atoms with Crippen LogP contribution in [-0.4, -0.2) is 47.4 Å². The smallest absolute Gasteiger partial charge is 0.165 e. The van der Waals surface area contributed by atoms with Gasteiger partial charge >= 0.3 is 0 Å². The lowest BCUT2D eigenvalue weighted by molar-refractivity contribution is -0.0274. The standard InChI is InChI=1S/C22H23FN2O3/c1-27-22-11-15(4-6-18(22)23)13-25-10-8-21(20(26)14-25)28-17-5-7-19-16(12-17)3-2-9-24-19/h2-7,9,11-12,20-21,26H,8,10,13-14H2,1H3/t20-,21-/m1/s1. The molecule has 2 aromatic carbocycles. The van der Waals surface area contributed by atoms with Gasteiger partial charge in [0.05, 0.1) is 12.6 Å². The Bertz CT molecular complexity index is 965. The molecule has 5 nitrogen and oxygen atoms in total. The van der Waals surface area contributed by atoms with Gasteiger partial charge in [0.2, 0.25) is 0 Å². The minimum Gasteiger partial charge on any atom is -0.494 e. The highest BCUT2D eigenvalue weighted by Crippen LogP contribution is 2.25. The molecule has 0 amide bonds. The van der Waals surface area contributed by atoms with Crippen LogP contribution in [0.3, 0.4) is 0 Å². The van der Waals surface area contributed by atoms with E-state index in [0.717, 1.165) is 28.8 Å². The predicted molar refractivity (Wildman–Crippen MR) is 105 cm³/mol. The third-order valence-electron chi connectivity index (χ3n) is 5.09. The van der Waals surface area contributed by atoms with Gasteiger partial charge in [0.25, 0.3) is 0 Å². The number of hydrogen-bond donors (Lipinski definition) is 1. The van der Waals surface area contributed by atoms with Crippen LogP contribution in [0.25, 0.3) is 10.9 Å². The van der Waals surface area contributed by atoms with Crippen LogP contribution in [-0.2, 0) is 6.54 Å². The zero-order chi connectivity index (χ0) is 19.5. The van der Waals surface area contributed by atoms with Crippen LogP contribution in [0.5, 0.6) is 11.5 Å². The van der Waals surface area contributed by atoms with Gasteiger partial charge in [0.15, 0.2) is 11.6 Å². The molecule has 28 heavy (non-hydrogen) atoms. The summed E-state index contributed by atoms with van der Waals surface area (Å²) in [6, 6.07) is 14.5. The lowest BCUT2D eigenvalue weighted by Crippen LogP contribution is -2.48. The fourth-order valence-corrected chi connectivity index (χ4v) is 3.62. The van der Waals surface area contributed by atoms with Crippen molar-refractivity contribution in [2.45, 2.75) is 25.2 Å². The molecule has 1 aliphatic rings. The van der Waals surface area contributed by atoms with Gasteiger partial charge in [-0.15, -0.1) is 0 Å². The number of benzene rings is 2. The molecule has 1 saturated heterocycles. The SMILES string of the molecule is COc1cc(CN2CC[C@@H](Oc3ccc4ncccc4c3)[C@H](O)C2)ccc1F. The van der Waals surface area contributed by atoms with Crippen molar-refractivity contribution in [3.05, 3.63) is 66.1 Å². The van der Waals surface area contributed by atoms with E-state index in [1.54, 1.807) is 18.3 Å². The number of piperidine rings is 1. The van der Waals surface area contributed by atoms with Crippen LogP contribution >= 0.6 is 0 Å². The summed E-state index contributed by atoms with van der Waals surface area (Å²) in [5.74, 6) is 0.604. The van der Waals surface area contributed by atoms with Crippen molar-refractivity contribution in [1.82, 2.24) is 9.88 Å². The second kappa shape index (κ2) is 8.12. The van der Waals surface area contributed by atoms with E-state index in [1.807, 2.05) is 30.3 Å². The molecule has 0 spiro atoms. The van der Waals surface area contributed by atoms with Gasteiger partial charge in [0, 0.05) is 31.2 Å². The van der Waals surface area contributed by atoms with Gasteiger partial charge in [0.1, 0.15) is 18.0 Å². The molecular formula is C22H23FN2O3. The molecule has 2 heterocycles. The molecule has 0 aliphatic carbocycles. The Morgan fingerprint density at radius 2 is 2.11 bits per heavy atom. The molecule has 6 heteroatoms. The molecule has 0 bridgehead atoms. The summed E-state index contributed by atoms with van der Waals surface area (Å²) in [5, 5.41) is 11.6. The number of hydrogen-bond acceptors (Lipinski definition) is 5. The summed E-state index contributed by atoms with van der Waals surface area (Å²) in [6.45, 7) is 1.91. The fourth-order valence-electron chi connectivity index (χ4n) is 3.62. The number of rotatable bonds is 5. The highest BCUT2D eigenvalue weighted by molar-refractivity contribution is 5.79. The number of aliphatic hydroxyl groups is 1. The topological polar surface area (TPSA) is 54.8 Å². The van der Waals surface area contributed by atoms with Gasteiger partial charge in [-0.1, -0.05) is 12.1 Å². The number of fused-ring (bicyclic) bond motifs is 1. The number of nitrogens with zero attached hydrogens (tertiary/aromatic N) is 2. The molecule has 3 aromatic rings. The lowest BCUT2D eigenvalue weighted by Gasteiger charge is -2.36. The Hall–Kier alpha value is -2.70. The van der Waals surface area contributed by atoms with Crippen molar-refractivity contribution in [1.29, 1.82) is 0 Å². The Kier molecular flexibility index (Phi) is 5.41. The van der Waals surface area contributed by atoms with Crippen molar-refractivity contribution < 1.29 is 19.0 Å². The summed E-state index contributed by atoms with van der Waals surface area (Å²) in [7, 11) is 1.46. The molecule has 0 unspecified atom stereocenters. The average molecular weight is 382 g/mol. The molecule has 146 valence electrons. The highest BCUT2D eigenvalue weighted by Gasteiger charge is 2.29. The minimum absolute atomic E-state index is 0.238. The molecule has 2 atom stereocenters. The van der Waals surface area contributed by atoms with Gasteiger partial charge in [-0.3, -0.25) is 9.88 Å². The molecule has 4 rings (SSSR count). The Morgan fingerprint density at radius 3 is 2.93 bits per heavy atom. The van der Waals surface area contributed by atoms with Gasteiger partial charge in [-0.25, -0.2) is 4.39 Å². The van der Waals surface area contributed by atoms with Gasteiger partial charge < -0.3 is 14.6 Å². The van der Waals surface area contributed by atoms with Crippen LogP contribution in [0.1, 0.15) is 12.0 Å². The molecule has 1 aromatic heterocycles. The van der Waals surface area contributed by atoms with Crippen LogP contribution in [0.15, 0.2) is 54.7 Å². The Balaban J connectivity index is 1.38. The largest absolute Gasteiger partial charge is 0.494 e. The number of likely N-dealkylation sites (tertiary alicyclic amines) is 1. The minimum atomic E-state index is -0.597. The monoisotopic (exact) mass is 382 g/mol. The first-order valence-electron chi connectivity index (χ1n) is 9.36. The van der Waals surface area contributed by atoms with Gasteiger partial charge in [-0.05, 0) is 48.4 Å². The zero-order valence-electron chi connectivity index (χ0n) is 15.7. The first kappa shape index (κ1) is 18.7. The molecule has 1 fully saturated rings. The van der Waals surface area contributed by atoms with E-state index in [2.05, 4.69) is 9.88 Å². The summed E-state index contributed by atoms with van der Waals surface area (Å²) < 4.78 is 24.7. The van der Waals surface area contributed by atoms with Crippen LogP contribution in [0.4, 0.5) is 4.39 Å². The van der Waals surface area contributed by atoms with Crippen molar-refractivity contribution in [2.75, 3.05) is 20.2 Å². The van der Waals surface area contributed by atoms with Gasteiger partial charge in [-0.2, -0.15) is 0 Å². The molecule has 1 N–H and O–H groups in total. The number of aliphatic hydroxyl groups excluding tert-OH is 1. The summed E-state index contributed by atoms with van der Waals surface area (Å²) in [4.78, 5) is 6.45. The Morgan fingerprint density at radius 1 is 1.21 bits per heavy atom. The number of aromatic nitrogens is 1. The summed E-state index contributed by atoms with van der Waals surface area (Å²) >= 11 is 0. The van der Waals surface area contributed by atoms with E-state index in [-0.39, 0.29) is 17.7 Å². The number of methoxy groups -OCH3 is 1. The van der Waals surface area contributed by atoms with E-state index in [1.165, 1.54) is 13.2 Å². The maximum absolute atomic E-state index is 13.6. The number of halogens is 1. The number of β-amino-alcohol motifs (C(OH)–C–C–N with tert-alkyl or cyclic N) is 1. The van der Waals surface area contributed by atoms with E-state index >= 15 is 0 Å². The first-order valence-corrected chi connectivity index (χ1v) is 9.36. The first-order chi connectivity index (χ1) is 13.6. The molecule has 0 radical (unpaired) electrons. The van der Waals surface area contributed by atoms with Crippen molar-refractivity contribution in [2.24, 2.45) is 0 Å². The van der Waals surface area contributed by atoms with Crippen LogP contribution < -0.4 is 9.47 Å². The van der Waals surface area contributed by atoms with E-state index in [0.29, 0.717) is 19.5 Å². The summed E-state index contributed by atoms with van der Waals surface area (Å²) in [5.41, 5.74) is 1.87. The quantitative estimate of drug-likeness (QED) is 0.733. The molecular weight excluding hydrogens is 359 g/mol. The zero-order valence-corrected chi connectivity index (χ0v) is 15.7. The highest BCUT2D eigenvalue weighted by atomic mass is 19.1. The normalized spacial score (nSPS) is 20.2. The van der Waals surface area contributed by atoms with Crippen molar-refractivity contribution in [3.63, 3.8) is 0 Å². The van der Waals surface area contributed by atoms with E-state index in [4.69, 9.17) is 9.47 Å².